The molecule has 2 aromatic rings. The molecule has 1 unspecified atom stereocenters. The number of rotatable bonds is 5. The first-order valence-corrected chi connectivity index (χ1v) is 7.82. The number of amides is 1. The van der Waals surface area contributed by atoms with E-state index in [1.807, 2.05) is 16.8 Å². The molecule has 106 valence electrons. The molecule has 0 aromatic carbocycles. The normalized spacial score (nSPS) is 13.7. The van der Waals surface area contributed by atoms with Crippen LogP contribution in [-0.4, -0.2) is 27.5 Å². The number of carbonyl (C=O) groups is 2. The maximum Gasteiger partial charge on any atom is 0.329 e. The third kappa shape index (κ3) is 2.88. The molecule has 0 aliphatic rings. The maximum atomic E-state index is 12.1. The first-order valence-electron chi connectivity index (χ1n) is 6.00. The lowest BCUT2D eigenvalue weighted by molar-refractivity contribution is -0.143. The van der Waals surface area contributed by atoms with Crippen LogP contribution in [-0.2, 0) is 4.79 Å². The van der Waals surface area contributed by atoms with E-state index in [4.69, 9.17) is 5.11 Å². The molecule has 2 heterocycles. The lowest BCUT2D eigenvalue weighted by atomic mass is 9.99. The molecule has 2 N–H and O–H groups in total. The lowest BCUT2D eigenvalue weighted by Crippen LogP contribution is -2.51. The molecule has 0 spiro atoms. The third-order valence-corrected chi connectivity index (χ3v) is 4.65. The summed E-state index contributed by atoms with van der Waals surface area (Å²) in [5.41, 5.74) is -0.0591. The van der Waals surface area contributed by atoms with Crippen LogP contribution in [0.25, 0.3) is 10.6 Å². The summed E-state index contributed by atoms with van der Waals surface area (Å²) >= 11 is 2.92. The summed E-state index contributed by atoms with van der Waals surface area (Å²) in [6, 6.07) is 1.93. The number of hydrogen-bond acceptors (Lipinski definition) is 5. The summed E-state index contributed by atoms with van der Waals surface area (Å²) in [5, 5.41) is 18.0. The summed E-state index contributed by atoms with van der Waals surface area (Å²) in [4.78, 5) is 27.5. The minimum Gasteiger partial charge on any atom is -0.480 e. The zero-order valence-electron chi connectivity index (χ0n) is 11.0. The van der Waals surface area contributed by atoms with Crippen LogP contribution in [0.2, 0.25) is 0 Å². The Morgan fingerprint density at radius 3 is 2.75 bits per heavy atom. The number of carboxylic acid groups (broad SMARTS) is 1. The van der Waals surface area contributed by atoms with Gasteiger partial charge in [0.25, 0.3) is 5.91 Å². The van der Waals surface area contributed by atoms with Gasteiger partial charge in [-0.05, 0) is 24.8 Å². The Kier molecular flexibility index (Phi) is 4.20. The van der Waals surface area contributed by atoms with Gasteiger partial charge in [0.2, 0.25) is 0 Å². The minimum absolute atomic E-state index is 0.247. The molecule has 0 bridgehead atoms. The molecule has 1 atom stereocenters. The second-order valence-corrected chi connectivity index (χ2v) is 6.13. The minimum atomic E-state index is -1.27. The molecule has 0 aliphatic carbocycles. The highest BCUT2D eigenvalue weighted by atomic mass is 32.1. The van der Waals surface area contributed by atoms with Gasteiger partial charge in [0.1, 0.15) is 16.2 Å². The Morgan fingerprint density at radius 1 is 1.45 bits per heavy atom. The summed E-state index contributed by atoms with van der Waals surface area (Å²) in [7, 11) is 0. The van der Waals surface area contributed by atoms with Crippen molar-refractivity contribution < 1.29 is 14.7 Å². The van der Waals surface area contributed by atoms with Gasteiger partial charge in [0.15, 0.2) is 0 Å². The standard InChI is InChI=1S/C13H14N2O3S2/c1-3-13(2,12(17)18)15-10(16)9-7-20-11(14-9)8-4-5-19-6-8/h4-7H,3H2,1-2H3,(H,15,16)(H,17,18). The number of aromatic nitrogens is 1. The van der Waals surface area contributed by atoms with Crippen molar-refractivity contribution in [2.45, 2.75) is 25.8 Å². The van der Waals surface area contributed by atoms with Crippen LogP contribution in [0.3, 0.4) is 0 Å². The number of nitrogens with zero attached hydrogens (tertiary/aromatic N) is 1. The van der Waals surface area contributed by atoms with Crippen molar-refractivity contribution in [1.29, 1.82) is 0 Å². The van der Waals surface area contributed by atoms with Gasteiger partial charge >= 0.3 is 5.97 Å². The van der Waals surface area contributed by atoms with Gasteiger partial charge in [0, 0.05) is 16.3 Å². The van der Waals surface area contributed by atoms with E-state index in [1.54, 1.807) is 23.6 Å². The van der Waals surface area contributed by atoms with Crippen LogP contribution < -0.4 is 5.32 Å². The summed E-state index contributed by atoms with van der Waals surface area (Å²) < 4.78 is 0. The molecule has 0 aliphatic heterocycles. The highest BCUT2D eigenvalue weighted by Crippen LogP contribution is 2.25. The molecule has 5 nitrogen and oxygen atoms in total. The smallest absolute Gasteiger partial charge is 0.329 e. The first-order chi connectivity index (χ1) is 9.46. The van der Waals surface area contributed by atoms with Crippen molar-refractivity contribution in [2.24, 2.45) is 0 Å². The Balaban J connectivity index is 2.16. The van der Waals surface area contributed by atoms with Gasteiger partial charge < -0.3 is 10.4 Å². The van der Waals surface area contributed by atoms with Gasteiger partial charge in [-0.2, -0.15) is 11.3 Å². The monoisotopic (exact) mass is 310 g/mol. The number of thiazole rings is 1. The highest BCUT2D eigenvalue weighted by Gasteiger charge is 2.33. The van der Waals surface area contributed by atoms with Crippen molar-refractivity contribution >= 4 is 34.6 Å². The SMILES string of the molecule is CCC(C)(NC(=O)c1csc(-c2ccsc2)n1)C(=O)O. The molecule has 1 amide bonds. The Hall–Kier alpha value is -1.73. The molecule has 2 rings (SSSR count). The van der Waals surface area contributed by atoms with Crippen molar-refractivity contribution in [3.63, 3.8) is 0 Å². The van der Waals surface area contributed by atoms with Crippen molar-refractivity contribution in [3.05, 3.63) is 27.9 Å². The van der Waals surface area contributed by atoms with Crippen LogP contribution in [0.4, 0.5) is 0 Å². The fraction of sp³-hybridized carbons (Fsp3) is 0.308. The van der Waals surface area contributed by atoms with E-state index < -0.39 is 17.4 Å². The van der Waals surface area contributed by atoms with E-state index >= 15 is 0 Å². The quantitative estimate of drug-likeness (QED) is 0.890. The Bertz CT molecular complexity index is 621. The van der Waals surface area contributed by atoms with Gasteiger partial charge in [-0.15, -0.1) is 11.3 Å². The number of carboxylic acids is 1. The van der Waals surface area contributed by atoms with Gasteiger partial charge in [-0.25, -0.2) is 9.78 Å². The van der Waals surface area contributed by atoms with Crippen LogP contribution in [0.1, 0.15) is 30.8 Å². The fourth-order valence-corrected chi connectivity index (χ4v) is 3.02. The van der Waals surface area contributed by atoms with E-state index in [0.29, 0.717) is 6.42 Å². The zero-order chi connectivity index (χ0) is 14.8. The average Bonchev–Trinajstić information content (AvgIpc) is 3.08. The van der Waals surface area contributed by atoms with E-state index in [2.05, 4.69) is 10.3 Å². The molecule has 0 saturated heterocycles. The number of hydrogen-bond donors (Lipinski definition) is 2. The molecule has 2 aromatic heterocycles. The second-order valence-electron chi connectivity index (χ2n) is 4.49. The van der Waals surface area contributed by atoms with Crippen molar-refractivity contribution in [2.75, 3.05) is 0 Å². The number of carbonyl (C=O) groups excluding carboxylic acids is 1. The second kappa shape index (κ2) is 5.72. The van der Waals surface area contributed by atoms with Crippen LogP contribution in [0.5, 0.6) is 0 Å². The largest absolute Gasteiger partial charge is 0.480 e. The number of aliphatic carboxylic acids is 1. The molecule has 7 heteroatoms. The zero-order valence-corrected chi connectivity index (χ0v) is 12.7. The van der Waals surface area contributed by atoms with E-state index in [-0.39, 0.29) is 5.69 Å². The van der Waals surface area contributed by atoms with Gasteiger partial charge in [0.05, 0.1) is 0 Å². The van der Waals surface area contributed by atoms with E-state index in [1.165, 1.54) is 18.3 Å². The van der Waals surface area contributed by atoms with Crippen molar-refractivity contribution in [3.8, 4) is 10.6 Å². The summed E-state index contributed by atoms with van der Waals surface area (Å²) in [6.07, 6.45) is 0.301. The van der Waals surface area contributed by atoms with E-state index in [9.17, 15) is 9.59 Å². The molecular weight excluding hydrogens is 296 g/mol. The fourth-order valence-electron chi connectivity index (χ4n) is 1.50. The first kappa shape index (κ1) is 14.7. The van der Waals surface area contributed by atoms with E-state index in [0.717, 1.165) is 10.6 Å². The van der Waals surface area contributed by atoms with Crippen LogP contribution in [0.15, 0.2) is 22.2 Å². The van der Waals surface area contributed by atoms with Gasteiger partial charge in [-0.1, -0.05) is 6.92 Å². The number of thiophene rings is 1. The molecule has 0 fully saturated rings. The van der Waals surface area contributed by atoms with Crippen LogP contribution >= 0.6 is 22.7 Å². The predicted octanol–water partition coefficient (Wildman–Crippen LogP) is 2.85. The van der Waals surface area contributed by atoms with Crippen LogP contribution in [0, 0.1) is 0 Å². The Morgan fingerprint density at radius 2 is 2.20 bits per heavy atom. The highest BCUT2D eigenvalue weighted by molar-refractivity contribution is 7.14. The summed E-state index contributed by atoms with van der Waals surface area (Å²) in [5.74, 6) is -1.52. The average molecular weight is 310 g/mol. The number of nitrogens with one attached hydrogen (secondary N) is 1. The molecule has 0 saturated carbocycles. The predicted molar refractivity (Wildman–Crippen MR) is 79.2 cm³/mol. The third-order valence-electron chi connectivity index (χ3n) is 3.07. The van der Waals surface area contributed by atoms with Gasteiger partial charge in [-0.3, -0.25) is 4.79 Å². The van der Waals surface area contributed by atoms with Crippen molar-refractivity contribution in [1.82, 2.24) is 10.3 Å². The maximum absolute atomic E-state index is 12.1. The molecular formula is C13H14N2O3S2. The molecule has 20 heavy (non-hydrogen) atoms. The lowest BCUT2D eigenvalue weighted by Gasteiger charge is -2.23. The Labute approximate surface area is 124 Å². The summed E-state index contributed by atoms with van der Waals surface area (Å²) in [6.45, 7) is 3.20. The molecule has 0 radical (unpaired) electrons. The topological polar surface area (TPSA) is 79.3 Å².